The molecule has 0 saturated carbocycles. The third-order valence-corrected chi connectivity index (χ3v) is 4.28. The van der Waals surface area contributed by atoms with Crippen LogP contribution in [0.2, 0.25) is 0 Å². The molecule has 26 heavy (non-hydrogen) atoms. The Morgan fingerprint density at radius 3 is 2.69 bits per heavy atom. The summed E-state index contributed by atoms with van der Waals surface area (Å²) in [7, 11) is 0.250. The van der Waals surface area contributed by atoms with E-state index in [9.17, 15) is 9.00 Å². The zero-order chi connectivity index (χ0) is 19.1. The van der Waals surface area contributed by atoms with Crippen molar-refractivity contribution in [3.63, 3.8) is 0 Å². The molecule has 0 aliphatic rings. The van der Waals surface area contributed by atoms with Gasteiger partial charge >= 0.3 is 5.97 Å². The summed E-state index contributed by atoms with van der Waals surface area (Å²) in [5, 5.41) is 0.105. The summed E-state index contributed by atoms with van der Waals surface area (Å²) in [5.41, 5.74) is 2.21. The average molecular weight is 378 g/mol. The zero-order valence-corrected chi connectivity index (χ0v) is 16.1. The minimum atomic E-state index is -1.38. The van der Waals surface area contributed by atoms with Gasteiger partial charge in [-0.15, -0.1) is 0 Å². The largest absolute Gasteiger partial charge is 0.496 e. The molecule has 0 radical (unpaired) electrons. The molecular formula is C18H22N2O5S. The van der Waals surface area contributed by atoms with E-state index in [2.05, 4.69) is 9.97 Å². The minimum Gasteiger partial charge on any atom is -0.496 e. The average Bonchev–Trinajstić information content (AvgIpc) is 2.62. The fourth-order valence-electron chi connectivity index (χ4n) is 2.31. The minimum absolute atomic E-state index is 0.0777. The molecule has 0 fully saturated rings. The van der Waals surface area contributed by atoms with Crippen molar-refractivity contribution in [1.29, 1.82) is 0 Å². The van der Waals surface area contributed by atoms with E-state index >= 15 is 0 Å². The maximum Gasteiger partial charge on any atom is 0.345 e. The summed E-state index contributed by atoms with van der Waals surface area (Å²) in [5.74, 6) is 0.329. The fourth-order valence-corrected chi connectivity index (χ4v) is 2.72. The number of methoxy groups -OCH3 is 1. The molecule has 1 unspecified atom stereocenters. The normalized spacial score (nSPS) is 11.7. The molecule has 1 aromatic carbocycles. The van der Waals surface area contributed by atoms with Crippen LogP contribution in [-0.4, -0.2) is 46.7 Å². The predicted octanol–water partition coefficient (Wildman–Crippen LogP) is 2.33. The standard InChI is InChI=1S/C18H22N2O5S/c1-5-24-17(21)14-11-19-18(26(4)22)20-16(14)25-9-8-13-6-7-15(23-3)12(2)10-13/h6-7,10-11H,5,8-9H2,1-4H3. The second kappa shape index (κ2) is 9.28. The summed E-state index contributed by atoms with van der Waals surface area (Å²) < 4.78 is 27.5. The summed E-state index contributed by atoms with van der Waals surface area (Å²) in [6, 6.07) is 5.87. The number of hydrogen-bond donors (Lipinski definition) is 0. The third-order valence-electron chi connectivity index (χ3n) is 3.57. The SMILES string of the molecule is CCOC(=O)c1cnc(S(C)=O)nc1OCCc1ccc(OC)c(C)c1. The van der Waals surface area contributed by atoms with Gasteiger partial charge in [0.15, 0.2) is 0 Å². The van der Waals surface area contributed by atoms with Crippen molar-refractivity contribution in [3.8, 4) is 11.6 Å². The molecular weight excluding hydrogens is 356 g/mol. The van der Waals surface area contributed by atoms with Crippen LogP contribution in [0.3, 0.4) is 0 Å². The van der Waals surface area contributed by atoms with Gasteiger partial charge in [-0.25, -0.2) is 9.78 Å². The first-order valence-electron chi connectivity index (χ1n) is 8.10. The molecule has 0 saturated heterocycles. The molecule has 140 valence electrons. The summed E-state index contributed by atoms with van der Waals surface area (Å²) in [6.07, 6.45) is 3.36. The maximum atomic E-state index is 12.0. The Morgan fingerprint density at radius 1 is 1.31 bits per heavy atom. The number of nitrogens with zero attached hydrogens (tertiary/aromatic N) is 2. The first-order chi connectivity index (χ1) is 12.5. The summed E-state index contributed by atoms with van der Waals surface area (Å²) in [4.78, 5) is 20.1. The molecule has 7 nitrogen and oxygen atoms in total. The van der Waals surface area contributed by atoms with Gasteiger partial charge in [0, 0.05) is 12.7 Å². The van der Waals surface area contributed by atoms with Crippen LogP contribution in [0.25, 0.3) is 0 Å². The number of esters is 1. The van der Waals surface area contributed by atoms with Crippen molar-refractivity contribution in [3.05, 3.63) is 41.1 Å². The van der Waals surface area contributed by atoms with Gasteiger partial charge in [0.25, 0.3) is 0 Å². The number of hydrogen-bond acceptors (Lipinski definition) is 7. The Labute approximate surface area is 155 Å². The van der Waals surface area contributed by atoms with Gasteiger partial charge < -0.3 is 14.2 Å². The first kappa shape index (κ1) is 19.8. The molecule has 2 aromatic rings. The number of benzene rings is 1. The Hall–Kier alpha value is -2.48. The van der Waals surface area contributed by atoms with E-state index < -0.39 is 16.8 Å². The molecule has 0 spiro atoms. The lowest BCUT2D eigenvalue weighted by Crippen LogP contribution is -2.13. The van der Waals surface area contributed by atoms with Gasteiger partial charge in [-0.3, -0.25) is 4.21 Å². The highest BCUT2D eigenvalue weighted by Gasteiger charge is 2.18. The lowest BCUT2D eigenvalue weighted by Gasteiger charge is -2.11. The second-order valence-electron chi connectivity index (χ2n) is 5.45. The highest BCUT2D eigenvalue weighted by atomic mass is 32.2. The number of aryl methyl sites for hydroxylation is 1. The lowest BCUT2D eigenvalue weighted by atomic mass is 10.1. The fraction of sp³-hybridized carbons (Fsp3) is 0.389. The monoisotopic (exact) mass is 378 g/mol. The van der Waals surface area contributed by atoms with Crippen molar-refractivity contribution in [2.24, 2.45) is 0 Å². The van der Waals surface area contributed by atoms with Crippen LogP contribution in [0.15, 0.2) is 29.6 Å². The van der Waals surface area contributed by atoms with Gasteiger partial charge in [0.2, 0.25) is 11.0 Å². The summed E-state index contributed by atoms with van der Waals surface area (Å²) in [6.45, 7) is 4.20. The van der Waals surface area contributed by atoms with Gasteiger partial charge in [-0.2, -0.15) is 4.98 Å². The topological polar surface area (TPSA) is 87.6 Å². The number of carbonyl (C=O) groups excluding carboxylic acids is 1. The van der Waals surface area contributed by atoms with Crippen LogP contribution in [0.1, 0.15) is 28.4 Å². The van der Waals surface area contributed by atoms with Crippen LogP contribution in [-0.2, 0) is 22.0 Å². The quantitative estimate of drug-likeness (QED) is 0.514. The van der Waals surface area contributed by atoms with Gasteiger partial charge in [-0.05, 0) is 31.0 Å². The van der Waals surface area contributed by atoms with Crippen LogP contribution >= 0.6 is 0 Å². The van der Waals surface area contributed by atoms with Crippen LogP contribution in [0, 0.1) is 6.92 Å². The van der Waals surface area contributed by atoms with E-state index in [0.29, 0.717) is 13.0 Å². The maximum absolute atomic E-state index is 12.0. The zero-order valence-electron chi connectivity index (χ0n) is 15.3. The van der Waals surface area contributed by atoms with Gasteiger partial charge in [0.05, 0.1) is 37.3 Å². The molecule has 8 heteroatoms. The molecule has 1 aromatic heterocycles. The molecule has 0 amide bonds. The first-order valence-corrected chi connectivity index (χ1v) is 9.66. The number of rotatable bonds is 8. The lowest BCUT2D eigenvalue weighted by molar-refractivity contribution is 0.0519. The predicted molar refractivity (Wildman–Crippen MR) is 97.3 cm³/mol. The smallest absolute Gasteiger partial charge is 0.345 e. The second-order valence-corrected chi connectivity index (χ2v) is 6.72. The highest BCUT2D eigenvalue weighted by molar-refractivity contribution is 7.84. The van der Waals surface area contributed by atoms with Crippen molar-refractivity contribution in [2.45, 2.75) is 25.4 Å². The van der Waals surface area contributed by atoms with Crippen molar-refractivity contribution in [2.75, 3.05) is 26.6 Å². The Morgan fingerprint density at radius 2 is 2.08 bits per heavy atom. The van der Waals surface area contributed by atoms with Crippen LogP contribution in [0.5, 0.6) is 11.6 Å². The van der Waals surface area contributed by atoms with Crippen molar-refractivity contribution in [1.82, 2.24) is 9.97 Å². The van der Waals surface area contributed by atoms with E-state index in [0.717, 1.165) is 16.9 Å². The van der Waals surface area contributed by atoms with Crippen LogP contribution < -0.4 is 9.47 Å². The molecule has 0 bridgehead atoms. The molecule has 2 rings (SSSR count). The number of aromatic nitrogens is 2. The van der Waals surface area contributed by atoms with Crippen LogP contribution in [0.4, 0.5) is 0 Å². The number of carbonyl (C=O) groups is 1. The Balaban J connectivity index is 2.13. The van der Waals surface area contributed by atoms with Gasteiger partial charge in [0.1, 0.15) is 11.3 Å². The van der Waals surface area contributed by atoms with Crippen molar-refractivity contribution >= 4 is 16.8 Å². The van der Waals surface area contributed by atoms with E-state index in [4.69, 9.17) is 14.2 Å². The van der Waals surface area contributed by atoms with Crippen molar-refractivity contribution < 1.29 is 23.2 Å². The van der Waals surface area contributed by atoms with Gasteiger partial charge in [-0.1, -0.05) is 12.1 Å². The number of ether oxygens (including phenoxy) is 3. The molecule has 1 atom stereocenters. The van der Waals surface area contributed by atoms with E-state index in [1.54, 1.807) is 14.0 Å². The Bertz CT molecular complexity index is 810. The third kappa shape index (κ3) is 5.01. The molecule has 0 N–H and O–H groups in total. The highest BCUT2D eigenvalue weighted by Crippen LogP contribution is 2.20. The van der Waals surface area contributed by atoms with E-state index in [-0.39, 0.29) is 23.2 Å². The Kier molecular flexibility index (Phi) is 7.08. The molecule has 0 aliphatic carbocycles. The molecule has 1 heterocycles. The summed E-state index contributed by atoms with van der Waals surface area (Å²) >= 11 is 0. The van der Waals surface area contributed by atoms with E-state index in [1.165, 1.54) is 12.5 Å². The van der Waals surface area contributed by atoms with E-state index in [1.807, 2.05) is 25.1 Å². The molecule has 0 aliphatic heterocycles.